The maximum atomic E-state index is 10.8. The predicted molar refractivity (Wildman–Crippen MR) is 84.7 cm³/mol. The van der Waals surface area contributed by atoms with E-state index in [4.69, 9.17) is 17.3 Å². The number of carbonyl (C=O) groups is 1. The quantitative estimate of drug-likeness (QED) is 0.876. The van der Waals surface area contributed by atoms with E-state index in [1.807, 2.05) is 43.1 Å². The largest absolute Gasteiger partial charge is 0.478 e. The normalized spacial score (nSPS) is 10.1. The molecule has 0 bridgehead atoms. The van der Waals surface area contributed by atoms with E-state index < -0.39 is 5.97 Å². The first-order valence-electron chi connectivity index (χ1n) is 6.17. The summed E-state index contributed by atoms with van der Waals surface area (Å²) in [6, 6.07) is 14.6. The molecule has 2 aromatic carbocycles. The number of carboxylic acids is 1. The molecule has 2 rings (SSSR count). The number of thiocarbonyl (C=S) groups is 1. The van der Waals surface area contributed by atoms with Gasteiger partial charge in [-0.2, -0.15) is 0 Å². The van der Waals surface area contributed by atoms with Crippen LogP contribution in [0.3, 0.4) is 0 Å². The van der Waals surface area contributed by atoms with Crippen molar-refractivity contribution in [2.24, 2.45) is 0 Å². The number of hydrogen-bond donors (Lipinski definition) is 1. The molecule has 2 aromatic rings. The fourth-order valence-electron chi connectivity index (χ4n) is 1.94. The van der Waals surface area contributed by atoms with E-state index in [1.54, 1.807) is 24.3 Å². The number of hydrogen-bond acceptors (Lipinski definition) is 2. The van der Waals surface area contributed by atoms with E-state index in [0.717, 1.165) is 16.8 Å². The van der Waals surface area contributed by atoms with Gasteiger partial charge in [-0.05, 0) is 36.8 Å². The van der Waals surface area contributed by atoms with Gasteiger partial charge in [0, 0.05) is 18.3 Å². The summed E-state index contributed by atoms with van der Waals surface area (Å²) < 4.78 is 0. The van der Waals surface area contributed by atoms with Crippen LogP contribution in [0.2, 0.25) is 0 Å². The summed E-state index contributed by atoms with van der Waals surface area (Å²) >= 11 is 5.51. The average molecular weight is 285 g/mol. The summed E-state index contributed by atoms with van der Waals surface area (Å²) in [5, 5.41) is 8.90. The minimum absolute atomic E-state index is 0.268. The van der Waals surface area contributed by atoms with Crippen molar-refractivity contribution in [2.45, 2.75) is 6.92 Å². The van der Waals surface area contributed by atoms with Crippen molar-refractivity contribution in [1.82, 2.24) is 0 Å². The van der Waals surface area contributed by atoms with Crippen molar-refractivity contribution in [1.29, 1.82) is 0 Å². The molecule has 0 saturated carbocycles. The van der Waals surface area contributed by atoms with E-state index in [-0.39, 0.29) is 5.56 Å². The highest BCUT2D eigenvalue weighted by Crippen LogP contribution is 2.19. The maximum absolute atomic E-state index is 10.8. The zero-order valence-electron chi connectivity index (χ0n) is 11.3. The third-order valence-electron chi connectivity index (χ3n) is 3.18. The molecule has 0 aliphatic heterocycles. The molecule has 0 atom stereocenters. The van der Waals surface area contributed by atoms with Crippen molar-refractivity contribution in [2.75, 3.05) is 11.9 Å². The van der Waals surface area contributed by atoms with Crippen molar-refractivity contribution in [3.63, 3.8) is 0 Å². The first kappa shape index (κ1) is 14.2. The zero-order valence-corrected chi connectivity index (χ0v) is 12.1. The average Bonchev–Trinajstić information content (AvgIpc) is 2.46. The lowest BCUT2D eigenvalue weighted by Crippen LogP contribution is -2.25. The third-order valence-corrected chi connectivity index (χ3v) is 3.68. The fourth-order valence-corrected chi connectivity index (χ4v) is 2.27. The van der Waals surface area contributed by atoms with Crippen LogP contribution in [0.4, 0.5) is 5.69 Å². The lowest BCUT2D eigenvalue weighted by atomic mass is 10.1. The molecule has 0 aliphatic carbocycles. The summed E-state index contributed by atoms with van der Waals surface area (Å²) in [6.07, 6.45) is 0. The summed E-state index contributed by atoms with van der Waals surface area (Å²) in [6.45, 7) is 2.02. The van der Waals surface area contributed by atoms with Gasteiger partial charge in [-0.1, -0.05) is 36.5 Å². The number of benzene rings is 2. The van der Waals surface area contributed by atoms with Crippen LogP contribution in [0.5, 0.6) is 0 Å². The number of aryl methyl sites for hydroxylation is 1. The second kappa shape index (κ2) is 5.84. The molecule has 0 heterocycles. The minimum Gasteiger partial charge on any atom is -0.478 e. The molecule has 0 amide bonds. The first-order valence-corrected chi connectivity index (χ1v) is 6.58. The maximum Gasteiger partial charge on any atom is 0.335 e. The van der Waals surface area contributed by atoms with Gasteiger partial charge in [-0.15, -0.1) is 0 Å². The molecule has 0 aliphatic rings. The van der Waals surface area contributed by atoms with Crippen LogP contribution in [-0.2, 0) is 0 Å². The van der Waals surface area contributed by atoms with Crippen LogP contribution >= 0.6 is 12.2 Å². The number of aromatic carboxylic acids is 1. The Balaban J connectivity index is 2.27. The predicted octanol–water partition coefficient (Wildman–Crippen LogP) is 3.51. The highest BCUT2D eigenvalue weighted by Gasteiger charge is 2.12. The van der Waals surface area contributed by atoms with E-state index in [2.05, 4.69) is 0 Å². The Morgan fingerprint density at radius 3 is 2.25 bits per heavy atom. The summed E-state index contributed by atoms with van der Waals surface area (Å²) in [7, 11) is 1.88. The van der Waals surface area contributed by atoms with Crippen molar-refractivity contribution in [3.05, 3.63) is 65.2 Å². The molecule has 20 heavy (non-hydrogen) atoms. The Bertz CT molecular complexity index is 650. The van der Waals surface area contributed by atoms with Gasteiger partial charge in [-0.3, -0.25) is 0 Å². The topological polar surface area (TPSA) is 40.5 Å². The molecule has 3 nitrogen and oxygen atoms in total. The lowest BCUT2D eigenvalue weighted by molar-refractivity contribution is 0.0697. The van der Waals surface area contributed by atoms with Crippen LogP contribution in [0, 0.1) is 6.92 Å². The van der Waals surface area contributed by atoms with Gasteiger partial charge in [0.1, 0.15) is 4.99 Å². The Morgan fingerprint density at radius 2 is 1.70 bits per heavy atom. The Morgan fingerprint density at radius 1 is 1.10 bits per heavy atom. The van der Waals surface area contributed by atoms with E-state index >= 15 is 0 Å². The second-order valence-electron chi connectivity index (χ2n) is 4.53. The molecular weight excluding hydrogens is 270 g/mol. The molecule has 0 unspecified atom stereocenters. The number of carboxylic acid groups (broad SMARTS) is 1. The molecule has 0 saturated heterocycles. The lowest BCUT2D eigenvalue weighted by Gasteiger charge is -2.21. The Kier molecular flexibility index (Phi) is 4.15. The number of anilines is 1. The monoisotopic (exact) mass is 285 g/mol. The summed E-state index contributed by atoms with van der Waals surface area (Å²) in [4.78, 5) is 13.4. The minimum atomic E-state index is -0.930. The zero-order chi connectivity index (χ0) is 14.7. The third kappa shape index (κ3) is 2.86. The first-order chi connectivity index (χ1) is 9.50. The highest BCUT2D eigenvalue weighted by atomic mass is 32.1. The van der Waals surface area contributed by atoms with Gasteiger partial charge >= 0.3 is 5.97 Å². The van der Waals surface area contributed by atoms with E-state index in [0.29, 0.717) is 4.99 Å². The molecule has 102 valence electrons. The van der Waals surface area contributed by atoms with Gasteiger partial charge in [0.2, 0.25) is 0 Å². The molecule has 0 fully saturated rings. The molecule has 4 heteroatoms. The molecule has 1 N–H and O–H groups in total. The fraction of sp³-hybridized carbons (Fsp3) is 0.125. The SMILES string of the molecule is Cc1ccccc1C(=S)N(C)c1ccc(C(=O)O)cc1. The molecule has 0 spiro atoms. The molecule has 0 aromatic heterocycles. The van der Waals surface area contributed by atoms with Crippen molar-refractivity contribution in [3.8, 4) is 0 Å². The summed E-state index contributed by atoms with van der Waals surface area (Å²) in [5.74, 6) is -0.930. The number of rotatable bonds is 3. The van der Waals surface area contributed by atoms with Gasteiger partial charge in [0.05, 0.1) is 5.56 Å². The summed E-state index contributed by atoms with van der Waals surface area (Å²) in [5.41, 5.74) is 3.26. The molecular formula is C16H15NO2S. The standard InChI is InChI=1S/C16H15NO2S/c1-11-5-3-4-6-14(11)15(20)17(2)13-9-7-12(8-10-13)16(18)19/h3-10H,1-2H3,(H,18,19). The van der Waals surface area contributed by atoms with Crippen LogP contribution in [0.15, 0.2) is 48.5 Å². The Labute approximate surface area is 123 Å². The van der Waals surface area contributed by atoms with Gasteiger partial charge < -0.3 is 10.0 Å². The van der Waals surface area contributed by atoms with Crippen LogP contribution < -0.4 is 4.90 Å². The molecule has 0 radical (unpaired) electrons. The van der Waals surface area contributed by atoms with Gasteiger partial charge in [0.15, 0.2) is 0 Å². The van der Waals surface area contributed by atoms with E-state index in [1.165, 1.54) is 0 Å². The van der Waals surface area contributed by atoms with Crippen molar-refractivity contribution >= 4 is 28.9 Å². The van der Waals surface area contributed by atoms with Crippen LogP contribution in [-0.4, -0.2) is 23.1 Å². The van der Waals surface area contributed by atoms with E-state index in [9.17, 15) is 4.79 Å². The second-order valence-corrected chi connectivity index (χ2v) is 4.92. The Hall–Kier alpha value is -2.20. The van der Waals surface area contributed by atoms with Crippen molar-refractivity contribution < 1.29 is 9.90 Å². The number of nitrogens with zero attached hydrogens (tertiary/aromatic N) is 1. The van der Waals surface area contributed by atoms with Crippen LogP contribution in [0.25, 0.3) is 0 Å². The smallest absolute Gasteiger partial charge is 0.335 e. The van der Waals surface area contributed by atoms with Gasteiger partial charge in [-0.25, -0.2) is 4.79 Å². The van der Waals surface area contributed by atoms with Gasteiger partial charge in [0.25, 0.3) is 0 Å². The highest BCUT2D eigenvalue weighted by molar-refractivity contribution is 7.81. The van der Waals surface area contributed by atoms with Crippen LogP contribution in [0.1, 0.15) is 21.5 Å².